The maximum Gasteiger partial charge on any atom is 0.230 e. The fourth-order valence-electron chi connectivity index (χ4n) is 5.09. The molecular formula is C26H27N7O3S. The van der Waals surface area contributed by atoms with Crippen LogP contribution in [0.1, 0.15) is 30.4 Å². The third-order valence-corrected chi connectivity index (χ3v) is 7.72. The number of carbonyl (C=O) groups is 1. The van der Waals surface area contributed by atoms with Crippen LogP contribution in [0.3, 0.4) is 0 Å². The summed E-state index contributed by atoms with van der Waals surface area (Å²) in [5.41, 5.74) is 2.86. The van der Waals surface area contributed by atoms with Crippen LogP contribution in [-0.4, -0.2) is 65.6 Å². The average Bonchev–Trinajstić information content (AvgIpc) is 3.46. The van der Waals surface area contributed by atoms with Crippen molar-refractivity contribution in [1.29, 1.82) is 0 Å². The number of benzene rings is 2. The number of anilines is 2. The molecule has 2 unspecified atom stereocenters. The number of thioether (sulfide) groups is 1. The van der Waals surface area contributed by atoms with Gasteiger partial charge < -0.3 is 20.8 Å². The summed E-state index contributed by atoms with van der Waals surface area (Å²) >= 11 is 1.40. The van der Waals surface area contributed by atoms with E-state index in [1.54, 1.807) is 12.1 Å². The summed E-state index contributed by atoms with van der Waals surface area (Å²) in [6.45, 7) is 0. The van der Waals surface area contributed by atoms with Crippen LogP contribution < -0.4 is 10.6 Å². The summed E-state index contributed by atoms with van der Waals surface area (Å²) in [4.78, 5) is 22.2. The van der Waals surface area contributed by atoms with Crippen molar-refractivity contribution in [3.63, 3.8) is 0 Å². The summed E-state index contributed by atoms with van der Waals surface area (Å²) in [6.07, 6.45) is 0.627. The van der Waals surface area contributed by atoms with E-state index in [1.807, 2.05) is 42.7 Å². The molecule has 2 aromatic heterocycles. The van der Waals surface area contributed by atoms with Gasteiger partial charge in [0.1, 0.15) is 6.10 Å². The Hall–Kier alpha value is -3.54. The number of hydrogen-bond acceptors (Lipinski definition) is 9. The molecule has 2 heterocycles. The lowest BCUT2D eigenvalue weighted by atomic mass is 10.0. The lowest BCUT2D eigenvalue weighted by Crippen LogP contribution is -2.34. The van der Waals surface area contributed by atoms with E-state index in [0.717, 1.165) is 6.42 Å². The molecule has 2 aliphatic carbocycles. The van der Waals surface area contributed by atoms with Crippen LogP contribution in [0, 0.1) is 5.92 Å². The minimum Gasteiger partial charge on any atom is -0.390 e. The van der Waals surface area contributed by atoms with E-state index in [-0.39, 0.29) is 18.4 Å². The molecule has 0 spiro atoms. The number of aliphatic hydroxyl groups is 2. The number of fused-ring (bicyclic) bond motifs is 1. The minimum atomic E-state index is -1.24. The van der Waals surface area contributed by atoms with E-state index < -0.39 is 24.2 Å². The van der Waals surface area contributed by atoms with Crippen LogP contribution in [0.5, 0.6) is 0 Å². The van der Waals surface area contributed by atoms with Crippen LogP contribution in [0.15, 0.2) is 65.8 Å². The van der Waals surface area contributed by atoms with Crippen molar-refractivity contribution in [2.45, 2.75) is 48.2 Å². The van der Waals surface area contributed by atoms with Crippen molar-refractivity contribution in [3.05, 3.63) is 66.2 Å². The van der Waals surface area contributed by atoms with E-state index >= 15 is 0 Å². The molecule has 1 amide bonds. The van der Waals surface area contributed by atoms with Gasteiger partial charge in [-0.2, -0.15) is 0 Å². The Kier molecular flexibility index (Phi) is 6.27. The van der Waals surface area contributed by atoms with E-state index in [0.29, 0.717) is 33.7 Å². The summed E-state index contributed by atoms with van der Waals surface area (Å²) in [5.74, 6) is -0.172. The number of nitrogens with zero attached hydrogens (tertiary/aromatic N) is 5. The van der Waals surface area contributed by atoms with Crippen molar-refractivity contribution >= 4 is 40.3 Å². The molecule has 2 fully saturated rings. The molecule has 2 aliphatic rings. The Bertz CT molecular complexity index is 1420. The van der Waals surface area contributed by atoms with Gasteiger partial charge in [-0.05, 0) is 36.8 Å². The van der Waals surface area contributed by atoms with Gasteiger partial charge in [0.2, 0.25) is 5.91 Å². The number of carbonyl (C=O) groups excluding carboxylic acids is 1. The lowest BCUT2D eigenvalue weighted by Gasteiger charge is -2.17. The molecule has 0 aliphatic heterocycles. The van der Waals surface area contributed by atoms with Gasteiger partial charge in [0, 0.05) is 17.6 Å². The zero-order valence-electron chi connectivity index (χ0n) is 20.1. The number of nitrogens with one attached hydrogen (secondary N) is 2. The molecule has 4 aromatic rings. The van der Waals surface area contributed by atoms with Gasteiger partial charge in [0.05, 0.1) is 18.1 Å². The first kappa shape index (κ1) is 23.8. The first-order valence-electron chi connectivity index (χ1n) is 12.2. The summed E-state index contributed by atoms with van der Waals surface area (Å²) in [5, 5.41) is 37.1. The highest BCUT2D eigenvalue weighted by molar-refractivity contribution is 7.98. The molecule has 0 bridgehead atoms. The summed E-state index contributed by atoms with van der Waals surface area (Å²) < 4.78 is 1.52. The predicted octanol–water partition coefficient (Wildman–Crippen LogP) is 2.83. The normalized spacial score (nSPS) is 26.8. The third kappa shape index (κ3) is 4.54. The maximum absolute atomic E-state index is 12.9. The fraction of sp³-hybridized carbons (Fsp3) is 0.346. The number of amides is 1. The third-order valence-electron chi connectivity index (χ3n) is 7.17. The quantitative estimate of drug-likeness (QED) is 0.215. The average molecular weight is 518 g/mol. The number of aromatic nitrogens is 5. The van der Waals surface area contributed by atoms with Crippen LogP contribution in [-0.2, 0) is 4.79 Å². The number of rotatable bonds is 7. The monoisotopic (exact) mass is 517 g/mol. The van der Waals surface area contributed by atoms with Crippen molar-refractivity contribution in [2.75, 3.05) is 16.9 Å². The Balaban J connectivity index is 1.25. The zero-order chi connectivity index (χ0) is 25.5. The molecule has 6 rings (SSSR count). The molecule has 0 saturated heterocycles. The van der Waals surface area contributed by atoms with Crippen molar-refractivity contribution < 1.29 is 15.0 Å². The van der Waals surface area contributed by atoms with Gasteiger partial charge in [0.25, 0.3) is 0 Å². The van der Waals surface area contributed by atoms with E-state index in [9.17, 15) is 15.0 Å². The van der Waals surface area contributed by atoms with Gasteiger partial charge in [-0.3, -0.25) is 4.79 Å². The largest absolute Gasteiger partial charge is 0.390 e. The second-order valence-electron chi connectivity index (χ2n) is 9.51. The summed E-state index contributed by atoms with van der Waals surface area (Å²) in [7, 11) is 0. The number of hydrogen-bond donors (Lipinski definition) is 4. The summed E-state index contributed by atoms with van der Waals surface area (Å²) in [6, 6.07) is 18.9. The lowest BCUT2D eigenvalue weighted by molar-refractivity contribution is -0.123. The smallest absolute Gasteiger partial charge is 0.230 e. The Labute approximate surface area is 217 Å². The van der Waals surface area contributed by atoms with Gasteiger partial charge in [-0.25, -0.2) is 14.6 Å². The van der Waals surface area contributed by atoms with Crippen molar-refractivity contribution in [1.82, 2.24) is 25.0 Å². The molecule has 10 nitrogen and oxygen atoms in total. The molecule has 2 aromatic carbocycles. The second kappa shape index (κ2) is 9.73. The highest BCUT2D eigenvalue weighted by atomic mass is 32.2. The molecule has 6 atom stereocenters. The first-order valence-corrected chi connectivity index (χ1v) is 13.5. The van der Waals surface area contributed by atoms with Gasteiger partial charge in [0.15, 0.2) is 22.1 Å². The first-order chi connectivity index (χ1) is 18.0. The minimum absolute atomic E-state index is 0.194. The van der Waals surface area contributed by atoms with Crippen LogP contribution >= 0.6 is 11.8 Å². The Morgan fingerprint density at radius 2 is 1.73 bits per heavy atom. The Morgan fingerprint density at radius 1 is 1.00 bits per heavy atom. The number of para-hydroxylation sites is 1. The zero-order valence-corrected chi connectivity index (χ0v) is 20.9. The van der Waals surface area contributed by atoms with Crippen LogP contribution in [0.4, 0.5) is 11.5 Å². The van der Waals surface area contributed by atoms with E-state index in [1.165, 1.54) is 22.0 Å². The fourth-order valence-corrected chi connectivity index (χ4v) is 5.45. The predicted molar refractivity (Wildman–Crippen MR) is 140 cm³/mol. The SMILES string of the molecule is CSc1nc(NC2CC2c2ccccc2)c2nnn([C@@H]3C[C@H](C(=O)Nc4ccccc4)[C@@H](O)[C@H]3O)c2n1. The second-order valence-corrected chi connectivity index (χ2v) is 10.3. The molecule has 37 heavy (non-hydrogen) atoms. The topological polar surface area (TPSA) is 138 Å². The molecule has 2 saturated carbocycles. The van der Waals surface area contributed by atoms with E-state index in [2.05, 4.69) is 43.0 Å². The molecule has 11 heteroatoms. The van der Waals surface area contributed by atoms with E-state index in [4.69, 9.17) is 0 Å². The molecule has 4 N–H and O–H groups in total. The highest BCUT2D eigenvalue weighted by Gasteiger charge is 2.47. The maximum atomic E-state index is 12.9. The standard InChI is InChI=1S/C26H27N7O3S/c1-37-26-29-23(28-18-12-16(18)14-8-4-2-5-9-14)20-24(30-26)33(32-31-20)19-13-17(21(34)22(19)35)25(36)27-15-10-6-3-7-11-15/h2-11,16-19,21-22,34-35H,12-13H2,1H3,(H,27,36)(H,28,29,30)/t16?,17-,18?,19+,21+,22-/m0/s1. The highest BCUT2D eigenvalue weighted by Crippen LogP contribution is 2.43. The van der Waals surface area contributed by atoms with Crippen LogP contribution in [0.25, 0.3) is 11.2 Å². The molecule has 190 valence electrons. The van der Waals surface area contributed by atoms with Crippen molar-refractivity contribution in [3.8, 4) is 0 Å². The van der Waals surface area contributed by atoms with Gasteiger partial charge >= 0.3 is 0 Å². The van der Waals surface area contributed by atoms with Gasteiger partial charge in [-0.15, -0.1) is 5.10 Å². The molecule has 0 radical (unpaired) electrons. The number of aliphatic hydroxyl groups excluding tert-OH is 2. The van der Waals surface area contributed by atoms with Crippen LogP contribution in [0.2, 0.25) is 0 Å². The molecular weight excluding hydrogens is 490 g/mol. The van der Waals surface area contributed by atoms with Crippen molar-refractivity contribution in [2.24, 2.45) is 5.92 Å². The Morgan fingerprint density at radius 3 is 2.46 bits per heavy atom. The van der Waals surface area contributed by atoms with Gasteiger partial charge in [-0.1, -0.05) is 65.5 Å².